The molecular weight excluding hydrogens is 338 g/mol. The van der Waals surface area contributed by atoms with Gasteiger partial charge in [0.1, 0.15) is 12.4 Å². The number of ether oxygens (including phenoxy) is 1. The molecular formula is C18H15N3O3S. The van der Waals surface area contributed by atoms with Crippen molar-refractivity contribution in [2.45, 2.75) is 13.2 Å². The Kier molecular flexibility index (Phi) is 4.22. The van der Waals surface area contributed by atoms with Gasteiger partial charge in [-0.15, -0.1) is 11.3 Å². The largest absolute Gasteiger partial charge is 0.489 e. The number of aromatic nitrogens is 2. The molecule has 126 valence electrons. The minimum atomic E-state index is -0.284. The van der Waals surface area contributed by atoms with E-state index in [4.69, 9.17) is 9.15 Å². The molecule has 7 heteroatoms. The Balaban J connectivity index is 1.38. The average molecular weight is 353 g/mol. The monoisotopic (exact) mass is 353 g/mol. The first kappa shape index (κ1) is 15.5. The molecule has 0 atom stereocenters. The molecule has 0 aliphatic carbocycles. The summed E-state index contributed by atoms with van der Waals surface area (Å²) in [5.74, 6) is 0.720. The van der Waals surface area contributed by atoms with Gasteiger partial charge in [-0.3, -0.25) is 9.20 Å². The fourth-order valence-corrected chi connectivity index (χ4v) is 3.16. The van der Waals surface area contributed by atoms with E-state index in [9.17, 15) is 4.79 Å². The third-order valence-electron chi connectivity index (χ3n) is 3.66. The lowest BCUT2D eigenvalue weighted by Gasteiger charge is -2.06. The number of hydrogen-bond donors (Lipinski definition) is 1. The van der Waals surface area contributed by atoms with Gasteiger partial charge < -0.3 is 14.5 Å². The van der Waals surface area contributed by atoms with Gasteiger partial charge in [-0.05, 0) is 18.2 Å². The summed E-state index contributed by atoms with van der Waals surface area (Å²) in [5.41, 5.74) is 1.50. The molecule has 3 aromatic heterocycles. The van der Waals surface area contributed by atoms with Crippen LogP contribution in [0.5, 0.6) is 5.75 Å². The molecule has 1 aromatic carbocycles. The molecule has 0 radical (unpaired) electrons. The molecule has 25 heavy (non-hydrogen) atoms. The number of rotatable bonds is 6. The van der Waals surface area contributed by atoms with Gasteiger partial charge in [0.05, 0.1) is 18.5 Å². The lowest BCUT2D eigenvalue weighted by atomic mass is 10.2. The van der Waals surface area contributed by atoms with E-state index in [-0.39, 0.29) is 18.3 Å². The van der Waals surface area contributed by atoms with Crippen molar-refractivity contribution >= 4 is 22.2 Å². The first-order valence-electron chi connectivity index (χ1n) is 7.73. The van der Waals surface area contributed by atoms with Crippen molar-refractivity contribution < 1.29 is 13.9 Å². The van der Waals surface area contributed by atoms with Gasteiger partial charge in [-0.25, -0.2) is 4.98 Å². The van der Waals surface area contributed by atoms with Gasteiger partial charge in [0, 0.05) is 23.3 Å². The zero-order chi connectivity index (χ0) is 17.1. The number of nitrogens with one attached hydrogen (secondary N) is 1. The van der Waals surface area contributed by atoms with Gasteiger partial charge in [0.25, 0.3) is 5.91 Å². The van der Waals surface area contributed by atoms with Gasteiger partial charge in [-0.2, -0.15) is 0 Å². The molecule has 0 aliphatic rings. The van der Waals surface area contributed by atoms with Gasteiger partial charge in [0.15, 0.2) is 10.7 Å². The number of furan rings is 1. The molecule has 1 amide bonds. The number of thiazole rings is 1. The van der Waals surface area contributed by atoms with E-state index in [2.05, 4.69) is 10.3 Å². The number of imidazole rings is 1. The Hall–Kier alpha value is -3.06. The van der Waals surface area contributed by atoms with Crippen LogP contribution >= 0.6 is 11.3 Å². The van der Waals surface area contributed by atoms with Crippen molar-refractivity contribution in [3.05, 3.63) is 77.5 Å². The van der Waals surface area contributed by atoms with E-state index in [0.717, 1.165) is 16.4 Å². The smallest absolute Gasteiger partial charge is 0.287 e. The number of amides is 1. The van der Waals surface area contributed by atoms with E-state index in [0.29, 0.717) is 12.1 Å². The van der Waals surface area contributed by atoms with Crippen LogP contribution in [0.15, 0.2) is 64.9 Å². The standard InChI is InChI=1S/C18H15N3O3S/c22-17(19-10-14-11-21-7-9-25-18(21)20-14)16-13(6-8-23-16)12-24-15-4-2-1-3-5-15/h1-9,11H,10,12H2,(H,19,22). The minimum Gasteiger partial charge on any atom is -0.489 e. The van der Waals surface area contributed by atoms with Crippen molar-refractivity contribution in [3.8, 4) is 5.75 Å². The molecule has 0 saturated heterocycles. The Labute approximate surface area is 147 Å². The predicted octanol–water partition coefficient (Wildman–Crippen LogP) is 3.50. The second-order valence-electron chi connectivity index (χ2n) is 5.38. The summed E-state index contributed by atoms with van der Waals surface area (Å²) < 4.78 is 12.9. The third kappa shape index (κ3) is 3.41. The number of nitrogens with zero attached hydrogens (tertiary/aromatic N) is 2. The molecule has 0 unspecified atom stereocenters. The Morgan fingerprint density at radius 3 is 3.00 bits per heavy atom. The molecule has 4 rings (SSSR count). The normalized spacial score (nSPS) is 10.9. The molecule has 0 bridgehead atoms. The highest BCUT2D eigenvalue weighted by atomic mass is 32.1. The van der Waals surface area contributed by atoms with E-state index in [1.165, 1.54) is 6.26 Å². The molecule has 6 nitrogen and oxygen atoms in total. The van der Waals surface area contributed by atoms with Crippen LogP contribution in [0.25, 0.3) is 4.96 Å². The van der Waals surface area contributed by atoms with Crippen LogP contribution in [0.1, 0.15) is 21.8 Å². The third-order valence-corrected chi connectivity index (χ3v) is 4.43. The Morgan fingerprint density at radius 1 is 1.28 bits per heavy atom. The molecule has 3 heterocycles. The number of carbonyl (C=O) groups excluding carboxylic acids is 1. The van der Waals surface area contributed by atoms with Crippen LogP contribution in [0.3, 0.4) is 0 Å². The summed E-state index contributed by atoms with van der Waals surface area (Å²) in [5, 5.41) is 4.80. The lowest BCUT2D eigenvalue weighted by molar-refractivity contribution is 0.0919. The molecule has 4 aromatic rings. The summed E-state index contributed by atoms with van der Waals surface area (Å²) in [4.78, 5) is 17.7. The van der Waals surface area contributed by atoms with E-state index >= 15 is 0 Å². The fourth-order valence-electron chi connectivity index (χ4n) is 2.44. The topological polar surface area (TPSA) is 68.8 Å². The van der Waals surface area contributed by atoms with E-state index in [1.54, 1.807) is 17.4 Å². The number of para-hydroxylation sites is 1. The first-order valence-corrected chi connectivity index (χ1v) is 8.61. The zero-order valence-corrected chi connectivity index (χ0v) is 14.0. The van der Waals surface area contributed by atoms with Crippen molar-refractivity contribution in [1.82, 2.24) is 14.7 Å². The van der Waals surface area contributed by atoms with Crippen LogP contribution in [-0.4, -0.2) is 15.3 Å². The van der Waals surface area contributed by atoms with Crippen LogP contribution in [0.2, 0.25) is 0 Å². The summed E-state index contributed by atoms with van der Waals surface area (Å²) in [6.45, 7) is 0.608. The second-order valence-corrected chi connectivity index (χ2v) is 6.26. The van der Waals surface area contributed by atoms with Crippen molar-refractivity contribution in [2.75, 3.05) is 0 Å². The maximum atomic E-state index is 12.4. The van der Waals surface area contributed by atoms with E-state index in [1.807, 2.05) is 52.5 Å². The average Bonchev–Trinajstić information content (AvgIpc) is 3.34. The van der Waals surface area contributed by atoms with E-state index < -0.39 is 0 Å². The maximum absolute atomic E-state index is 12.4. The molecule has 1 N–H and O–H groups in total. The highest BCUT2D eigenvalue weighted by molar-refractivity contribution is 7.15. The first-order chi connectivity index (χ1) is 12.3. The number of hydrogen-bond acceptors (Lipinski definition) is 5. The lowest BCUT2D eigenvalue weighted by Crippen LogP contribution is -2.23. The Bertz CT molecular complexity index is 959. The molecule has 0 aliphatic heterocycles. The quantitative estimate of drug-likeness (QED) is 0.576. The van der Waals surface area contributed by atoms with Crippen LogP contribution in [0.4, 0.5) is 0 Å². The summed E-state index contributed by atoms with van der Waals surface area (Å²) in [6, 6.07) is 11.2. The molecule has 0 spiro atoms. The zero-order valence-electron chi connectivity index (χ0n) is 13.2. The Morgan fingerprint density at radius 2 is 2.16 bits per heavy atom. The summed E-state index contributed by atoms with van der Waals surface area (Å²) >= 11 is 1.55. The van der Waals surface area contributed by atoms with Crippen LogP contribution in [0, 0.1) is 0 Å². The minimum absolute atomic E-state index is 0.261. The molecule has 0 saturated carbocycles. The fraction of sp³-hybridized carbons (Fsp3) is 0.111. The summed E-state index contributed by atoms with van der Waals surface area (Å²) in [7, 11) is 0. The van der Waals surface area contributed by atoms with Gasteiger partial charge >= 0.3 is 0 Å². The summed E-state index contributed by atoms with van der Waals surface area (Å²) in [6.07, 6.45) is 5.32. The SMILES string of the molecule is O=C(NCc1cn2ccsc2n1)c1occc1COc1ccccc1. The van der Waals surface area contributed by atoms with Gasteiger partial charge in [0.2, 0.25) is 0 Å². The molecule has 0 fully saturated rings. The van der Waals surface area contributed by atoms with Crippen molar-refractivity contribution in [2.24, 2.45) is 0 Å². The number of fused-ring (bicyclic) bond motifs is 1. The van der Waals surface area contributed by atoms with Crippen LogP contribution < -0.4 is 10.1 Å². The predicted molar refractivity (Wildman–Crippen MR) is 93.7 cm³/mol. The second kappa shape index (κ2) is 6.82. The maximum Gasteiger partial charge on any atom is 0.287 e. The van der Waals surface area contributed by atoms with Crippen LogP contribution in [-0.2, 0) is 13.2 Å². The number of benzene rings is 1. The highest BCUT2D eigenvalue weighted by Gasteiger charge is 2.16. The van der Waals surface area contributed by atoms with Gasteiger partial charge in [-0.1, -0.05) is 18.2 Å². The van der Waals surface area contributed by atoms with Crippen molar-refractivity contribution in [1.29, 1.82) is 0 Å². The number of carbonyl (C=O) groups is 1. The van der Waals surface area contributed by atoms with Crippen molar-refractivity contribution in [3.63, 3.8) is 0 Å². The highest BCUT2D eigenvalue weighted by Crippen LogP contribution is 2.16.